The summed E-state index contributed by atoms with van der Waals surface area (Å²) in [5.74, 6) is -0.513. The minimum Gasteiger partial charge on any atom is -0.456 e. The Morgan fingerprint density at radius 2 is 0.703 bits per heavy atom. The molecule has 0 aromatic rings. The Bertz CT molecular complexity index is 2020. The van der Waals surface area contributed by atoms with Crippen LogP contribution in [-0.2, 0) is 27.9 Å². The summed E-state index contributed by atoms with van der Waals surface area (Å²) in [5.41, 5.74) is 0. The largest absolute Gasteiger partial charge is 0.472 e. The van der Waals surface area contributed by atoms with Crippen LogP contribution in [0.5, 0.6) is 0 Å². The SMILES string of the molecule is CC/C=C\C/C=C\C/C=C\C/C=C\C/C=C\CCCCCCCCCCCCCC(=O)NC(COP(=O)(O)OCC[N+](C)(C)C)C(/C=C/CCCCCCCCCCC)OC(=O)CCCCCCCCCCCCC/C=C\C/C=C\C/C=C\C/C=C\C/C=C\CC. The van der Waals surface area contributed by atoms with E-state index in [-0.39, 0.29) is 31.5 Å². The molecule has 91 heavy (non-hydrogen) atoms. The molecule has 0 rings (SSSR count). The van der Waals surface area contributed by atoms with Crippen LogP contribution < -0.4 is 5.32 Å². The average Bonchev–Trinajstić information content (AvgIpc) is 3.08. The number of unbranched alkanes of at least 4 members (excludes halogenated alkanes) is 31. The van der Waals surface area contributed by atoms with Gasteiger partial charge in [-0.2, -0.15) is 0 Å². The van der Waals surface area contributed by atoms with E-state index < -0.39 is 20.0 Å². The van der Waals surface area contributed by atoms with Crippen LogP contribution in [0.3, 0.4) is 0 Å². The van der Waals surface area contributed by atoms with Crippen LogP contribution in [0.25, 0.3) is 0 Å². The minimum atomic E-state index is -4.47. The molecule has 0 bridgehead atoms. The Kier molecular flexibility index (Phi) is 66.1. The van der Waals surface area contributed by atoms with Gasteiger partial charge >= 0.3 is 13.8 Å². The van der Waals surface area contributed by atoms with Gasteiger partial charge in [0, 0.05) is 12.8 Å². The predicted octanol–water partition coefficient (Wildman–Crippen LogP) is 24.3. The van der Waals surface area contributed by atoms with Crippen molar-refractivity contribution in [3.8, 4) is 0 Å². The molecule has 0 aromatic carbocycles. The van der Waals surface area contributed by atoms with Crippen LogP contribution in [0.15, 0.2) is 134 Å². The first-order valence-corrected chi connectivity index (χ1v) is 39.0. The standard InChI is InChI=1S/C81H141N2O7P/c1-7-10-13-16-19-22-25-27-29-31-33-35-37-39-41-43-45-47-49-51-53-55-58-61-64-67-70-73-80(84)82-78(77-89-91(86,87)88-76-75-83(4,5)6)79(72-69-66-63-60-57-24-21-18-15-12-9-3)90-81(85)74-71-68-65-62-59-56-54-52-50-48-46-44-42-40-38-36-34-32-30-28-26-23-20-17-14-11-8-2/h10-11,13-14,19-20,22-23,27-30,33-36,39-42,69,72,78-79H,7-9,12,15-18,21,24-26,31-32,37-38,43-68,70-71,73-77H2,1-6H3,(H-,82,84,86,87)/p+1/b13-10-,14-11-,22-19-,23-20-,29-27-,30-28-,35-33-,36-34-,41-39-,42-40-,72-69+. The molecule has 0 heterocycles. The van der Waals surface area contributed by atoms with Gasteiger partial charge in [-0.15, -0.1) is 0 Å². The van der Waals surface area contributed by atoms with Crippen LogP contribution in [-0.4, -0.2) is 74.3 Å². The number of quaternary nitrogens is 1. The number of likely N-dealkylation sites (N-methyl/N-ethyl adjacent to an activating group) is 1. The first-order valence-electron chi connectivity index (χ1n) is 37.5. The maximum Gasteiger partial charge on any atom is 0.472 e. The first kappa shape index (κ1) is 87.2. The zero-order valence-electron chi connectivity index (χ0n) is 59.8. The van der Waals surface area contributed by atoms with Crippen molar-refractivity contribution in [3.05, 3.63) is 134 Å². The number of rotatable bonds is 67. The molecule has 0 aliphatic rings. The van der Waals surface area contributed by atoms with E-state index in [9.17, 15) is 19.0 Å². The molecule has 0 aliphatic heterocycles. The second-order valence-electron chi connectivity index (χ2n) is 26.1. The van der Waals surface area contributed by atoms with Crippen LogP contribution >= 0.6 is 7.82 Å². The molecular formula is C81H142N2O7P+. The number of nitrogens with zero attached hydrogens (tertiary/aromatic N) is 1. The highest BCUT2D eigenvalue weighted by atomic mass is 31.2. The number of hydrogen-bond donors (Lipinski definition) is 2. The first-order chi connectivity index (χ1) is 44.4. The van der Waals surface area contributed by atoms with Crippen LogP contribution in [0.1, 0.15) is 316 Å². The number of hydrogen-bond acceptors (Lipinski definition) is 6. The van der Waals surface area contributed by atoms with Crippen molar-refractivity contribution in [2.75, 3.05) is 40.9 Å². The molecule has 0 radical (unpaired) electrons. The molecule has 0 saturated heterocycles. The summed E-state index contributed by atoms with van der Waals surface area (Å²) in [4.78, 5) is 38.0. The molecule has 0 saturated carbocycles. The molecule has 2 N–H and O–H groups in total. The van der Waals surface area contributed by atoms with Crippen molar-refractivity contribution >= 4 is 19.7 Å². The number of carbonyl (C=O) groups excluding carboxylic acids is 2. The zero-order valence-corrected chi connectivity index (χ0v) is 60.7. The summed E-state index contributed by atoms with van der Waals surface area (Å²) in [6, 6.07) is -0.861. The highest BCUT2D eigenvalue weighted by Crippen LogP contribution is 2.43. The summed E-state index contributed by atoms with van der Waals surface area (Å²) in [6.07, 6.45) is 99.0. The van der Waals surface area contributed by atoms with E-state index in [1.807, 2.05) is 33.3 Å². The van der Waals surface area contributed by atoms with Crippen LogP contribution in [0.2, 0.25) is 0 Å². The van der Waals surface area contributed by atoms with Gasteiger partial charge in [0.1, 0.15) is 19.3 Å². The molecule has 9 nitrogen and oxygen atoms in total. The van der Waals surface area contributed by atoms with Crippen molar-refractivity contribution in [2.45, 2.75) is 328 Å². The van der Waals surface area contributed by atoms with Crippen molar-refractivity contribution in [1.29, 1.82) is 0 Å². The summed E-state index contributed by atoms with van der Waals surface area (Å²) in [6.45, 7) is 6.79. The number of ether oxygens (including phenoxy) is 1. The summed E-state index contributed by atoms with van der Waals surface area (Å²) in [5, 5.41) is 3.07. The summed E-state index contributed by atoms with van der Waals surface area (Å²) in [7, 11) is 1.48. The maximum atomic E-state index is 13.6. The van der Waals surface area contributed by atoms with Gasteiger partial charge < -0.3 is 19.4 Å². The Labute approximate surface area is 562 Å². The van der Waals surface area contributed by atoms with Crippen LogP contribution in [0.4, 0.5) is 0 Å². The molecule has 1 amide bonds. The minimum absolute atomic E-state index is 0.0335. The molecule has 3 atom stereocenters. The summed E-state index contributed by atoms with van der Waals surface area (Å²) >= 11 is 0. The number of phosphoric ester groups is 1. The highest BCUT2D eigenvalue weighted by molar-refractivity contribution is 7.47. The van der Waals surface area contributed by atoms with E-state index in [1.54, 1.807) is 0 Å². The number of carbonyl (C=O) groups is 2. The smallest absolute Gasteiger partial charge is 0.456 e. The number of phosphoric acid groups is 1. The number of nitrogens with one attached hydrogen (secondary N) is 1. The average molecular weight is 1290 g/mol. The van der Waals surface area contributed by atoms with Crippen molar-refractivity contribution < 1.29 is 37.3 Å². The molecule has 522 valence electrons. The Morgan fingerprint density at radius 3 is 1.05 bits per heavy atom. The van der Waals surface area contributed by atoms with Crippen molar-refractivity contribution in [3.63, 3.8) is 0 Å². The predicted molar refractivity (Wildman–Crippen MR) is 396 cm³/mol. The fourth-order valence-corrected chi connectivity index (χ4v) is 11.1. The lowest BCUT2D eigenvalue weighted by Gasteiger charge is -2.27. The van der Waals surface area contributed by atoms with Gasteiger partial charge in [-0.1, -0.05) is 315 Å². The quantitative estimate of drug-likeness (QED) is 0.0205. The lowest BCUT2D eigenvalue weighted by atomic mass is 10.0. The van der Waals surface area contributed by atoms with Gasteiger partial charge in [0.05, 0.1) is 33.8 Å². The third-order valence-electron chi connectivity index (χ3n) is 16.1. The van der Waals surface area contributed by atoms with E-state index in [0.717, 1.165) is 135 Å². The monoisotopic (exact) mass is 1290 g/mol. The summed E-state index contributed by atoms with van der Waals surface area (Å²) < 4.78 is 30.9. The number of esters is 1. The Balaban J connectivity index is 4.97. The van der Waals surface area contributed by atoms with E-state index in [1.165, 1.54) is 148 Å². The van der Waals surface area contributed by atoms with E-state index >= 15 is 0 Å². The van der Waals surface area contributed by atoms with Crippen LogP contribution in [0, 0.1) is 0 Å². The fraction of sp³-hybridized carbons (Fsp3) is 0.704. The van der Waals surface area contributed by atoms with Gasteiger partial charge in [0.25, 0.3) is 0 Å². The third-order valence-corrected chi connectivity index (χ3v) is 17.1. The van der Waals surface area contributed by atoms with Gasteiger partial charge in [-0.05, 0) is 122 Å². The second kappa shape index (κ2) is 69.0. The van der Waals surface area contributed by atoms with Gasteiger partial charge in [-0.25, -0.2) is 4.57 Å². The number of amides is 1. The normalized spacial score (nSPS) is 14.2. The van der Waals surface area contributed by atoms with Gasteiger partial charge in [-0.3, -0.25) is 18.6 Å². The van der Waals surface area contributed by atoms with E-state index in [4.69, 9.17) is 13.8 Å². The zero-order chi connectivity index (χ0) is 66.3. The van der Waals surface area contributed by atoms with Crippen molar-refractivity contribution in [1.82, 2.24) is 5.32 Å². The highest BCUT2D eigenvalue weighted by Gasteiger charge is 2.30. The molecule has 0 spiro atoms. The molecule has 10 heteroatoms. The molecule has 3 unspecified atom stereocenters. The van der Waals surface area contributed by atoms with E-state index in [0.29, 0.717) is 17.4 Å². The van der Waals surface area contributed by atoms with Crippen molar-refractivity contribution in [2.24, 2.45) is 0 Å². The molecule has 0 fully saturated rings. The lowest BCUT2D eigenvalue weighted by Crippen LogP contribution is -2.47. The molecular weight excluding hydrogens is 1140 g/mol. The Hall–Kier alpha value is -3.85. The maximum absolute atomic E-state index is 13.6. The number of allylic oxidation sites excluding steroid dienone is 21. The van der Waals surface area contributed by atoms with Gasteiger partial charge in [0.2, 0.25) is 5.91 Å². The third kappa shape index (κ3) is 70.3. The van der Waals surface area contributed by atoms with E-state index in [2.05, 4.69) is 148 Å². The molecule has 0 aliphatic carbocycles. The topological polar surface area (TPSA) is 111 Å². The second-order valence-corrected chi connectivity index (χ2v) is 27.5. The Morgan fingerprint density at radius 1 is 0.396 bits per heavy atom. The lowest BCUT2D eigenvalue weighted by molar-refractivity contribution is -0.870. The van der Waals surface area contributed by atoms with Gasteiger partial charge in [0.15, 0.2) is 0 Å². The fourth-order valence-electron chi connectivity index (χ4n) is 10.4. The molecule has 0 aromatic heterocycles.